The van der Waals surface area contributed by atoms with Crippen LogP contribution in [0, 0.1) is 0 Å². The number of nitrogens with zero attached hydrogens (tertiary/aromatic N) is 1. The summed E-state index contributed by atoms with van der Waals surface area (Å²) < 4.78 is 42.1. The van der Waals surface area contributed by atoms with E-state index in [0.717, 1.165) is 5.56 Å². The maximum atomic E-state index is 12.3. The van der Waals surface area contributed by atoms with Crippen molar-refractivity contribution in [2.24, 2.45) is 5.73 Å². The quantitative estimate of drug-likeness (QED) is 0.898. The molecule has 0 amide bonds. The van der Waals surface area contributed by atoms with Crippen molar-refractivity contribution in [2.75, 3.05) is 20.7 Å². The van der Waals surface area contributed by atoms with Crippen LogP contribution in [0.1, 0.15) is 24.1 Å². The van der Waals surface area contributed by atoms with Crippen LogP contribution in [-0.2, 0) is 6.54 Å². The molecule has 108 valence electrons. The Morgan fingerprint density at radius 3 is 2.47 bits per heavy atom. The minimum absolute atomic E-state index is 0.156. The summed E-state index contributed by atoms with van der Waals surface area (Å²) in [4.78, 5) is 1.20. The fraction of sp³-hybridized carbons (Fsp3) is 0.538. The first-order valence-corrected chi connectivity index (χ1v) is 5.90. The number of hydrogen-bond acceptors (Lipinski definition) is 3. The molecule has 0 aliphatic heterocycles. The van der Waals surface area contributed by atoms with Crippen molar-refractivity contribution in [3.8, 4) is 5.75 Å². The van der Waals surface area contributed by atoms with Gasteiger partial charge in [0.05, 0.1) is 13.7 Å². The van der Waals surface area contributed by atoms with Gasteiger partial charge in [-0.3, -0.25) is 4.90 Å². The molecule has 0 saturated heterocycles. The Morgan fingerprint density at radius 1 is 1.37 bits per heavy atom. The van der Waals surface area contributed by atoms with Crippen LogP contribution in [0.2, 0.25) is 0 Å². The number of nitrogens with two attached hydrogens (primary N) is 1. The molecule has 2 N–H and O–H groups in total. The van der Waals surface area contributed by atoms with E-state index in [1.807, 2.05) is 13.0 Å². The van der Waals surface area contributed by atoms with Crippen LogP contribution in [-0.4, -0.2) is 31.8 Å². The zero-order chi connectivity index (χ0) is 14.6. The third kappa shape index (κ3) is 5.08. The van der Waals surface area contributed by atoms with Crippen molar-refractivity contribution in [1.29, 1.82) is 0 Å². The fourth-order valence-electron chi connectivity index (χ4n) is 1.86. The minimum atomic E-state index is -4.21. The molecule has 0 aliphatic rings. The number of rotatable bonds is 5. The Balaban J connectivity index is 2.88. The second-order valence-corrected chi connectivity index (χ2v) is 4.65. The molecular formula is C13H19F3N2O. The standard InChI is InChI=1S/C13H19F3N2O/c1-9(17)10-4-5-12(19-3)11(6-10)7-18(2)8-13(14,15)16/h4-6,9H,7-8,17H2,1-3H3. The van der Waals surface area contributed by atoms with E-state index < -0.39 is 12.7 Å². The predicted molar refractivity (Wildman–Crippen MR) is 68.0 cm³/mol. The lowest BCUT2D eigenvalue weighted by atomic mass is 10.0. The first-order chi connectivity index (χ1) is 8.73. The molecule has 0 saturated carbocycles. The van der Waals surface area contributed by atoms with Gasteiger partial charge in [-0.25, -0.2) is 0 Å². The van der Waals surface area contributed by atoms with Gasteiger partial charge in [0, 0.05) is 18.2 Å². The molecule has 3 nitrogen and oxygen atoms in total. The molecule has 0 heterocycles. The zero-order valence-electron chi connectivity index (χ0n) is 11.3. The molecule has 0 bridgehead atoms. The average Bonchev–Trinajstić information content (AvgIpc) is 2.26. The van der Waals surface area contributed by atoms with Crippen molar-refractivity contribution in [3.63, 3.8) is 0 Å². The molecule has 1 rings (SSSR count). The van der Waals surface area contributed by atoms with E-state index in [4.69, 9.17) is 10.5 Å². The summed E-state index contributed by atoms with van der Waals surface area (Å²) in [6.07, 6.45) is -4.21. The van der Waals surface area contributed by atoms with E-state index in [-0.39, 0.29) is 12.6 Å². The fourth-order valence-corrected chi connectivity index (χ4v) is 1.86. The number of ether oxygens (including phenoxy) is 1. The third-order valence-corrected chi connectivity index (χ3v) is 2.72. The molecule has 1 aromatic rings. The van der Waals surface area contributed by atoms with Gasteiger partial charge in [-0.05, 0) is 31.7 Å². The van der Waals surface area contributed by atoms with Crippen LogP contribution in [0.15, 0.2) is 18.2 Å². The van der Waals surface area contributed by atoms with Crippen molar-refractivity contribution < 1.29 is 17.9 Å². The van der Waals surface area contributed by atoms with Gasteiger partial charge >= 0.3 is 6.18 Å². The number of hydrogen-bond donors (Lipinski definition) is 1. The Morgan fingerprint density at radius 2 is 2.00 bits per heavy atom. The van der Waals surface area contributed by atoms with Crippen LogP contribution in [0.5, 0.6) is 5.75 Å². The van der Waals surface area contributed by atoms with E-state index in [2.05, 4.69) is 0 Å². The van der Waals surface area contributed by atoms with Gasteiger partial charge in [-0.1, -0.05) is 6.07 Å². The Kier molecular flexibility index (Phi) is 5.20. The normalized spacial score (nSPS) is 13.7. The van der Waals surface area contributed by atoms with Crippen molar-refractivity contribution >= 4 is 0 Å². The number of methoxy groups -OCH3 is 1. The SMILES string of the molecule is COc1ccc(C(C)N)cc1CN(C)CC(F)(F)F. The first-order valence-electron chi connectivity index (χ1n) is 5.90. The summed E-state index contributed by atoms with van der Waals surface area (Å²) in [5, 5.41) is 0. The molecule has 0 aromatic heterocycles. The molecule has 0 spiro atoms. The van der Waals surface area contributed by atoms with Gasteiger partial charge in [-0.15, -0.1) is 0 Å². The van der Waals surface area contributed by atoms with E-state index in [1.165, 1.54) is 19.1 Å². The molecule has 0 aliphatic carbocycles. The monoisotopic (exact) mass is 276 g/mol. The summed E-state index contributed by atoms with van der Waals surface area (Å²) >= 11 is 0. The summed E-state index contributed by atoms with van der Waals surface area (Å²) in [5.74, 6) is 0.568. The van der Waals surface area contributed by atoms with Crippen molar-refractivity contribution in [2.45, 2.75) is 25.7 Å². The van der Waals surface area contributed by atoms with Gasteiger partial charge in [0.2, 0.25) is 0 Å². The zero-order valence-corrected chi connectivity index (χ0v) is 11.3. The lowest BCUT2D eigenvalue weighted by Crippen LogP contribution is -2.30. The van der Waals surface area contributed by atoms with Crippen molar-refractivity contribution in [3.05, 3.63) is 29.3 Å². The highest BCUT2D eigenvalue weighted by molar-refractivity contribution is 5.38. The number of halogens is 3. The topological polar surface area (TPSA) is 38.5 Å². The molecular weight excluding hydrogens is 257 g/mol. The van der Waals surface area contributed by atoms with Gasteiger partial charge in [0.1, 0.15) is 5.75 Å². The van der Waals surface area contributed by atoms with E-state index >= 15 is 0 Å². The summed E-state index contributed by atoms with van der Waals surface area (Å²) in [6.45, 7) is 1.02. The average molecular weight is 276 g/mol. The van der Waals surface area contributed by atoms with Gasteiger partial charge in [0.15, 0.2) is 0 Å². The van der Waals surface area contributed by atoms with Crippen LogP contribution in [0.3, 0.4) is 0 Å². The maximum Gasteiger partial charge on any atom is 0.401 e. The van der Waals surface area contributed by atoms with Gasteiger partial charge < -0.3 is 10.5 Å². The van der Waals surface area contributed by atoms with E-state index in [9.17, 15) is 13.2 Å². The molecule has 6 heteroatoms. The van der Waals surface area contributed by atoms with Gasteiger partial charge in [0.25, 0.3) is 0 Å². The van der Waals surface area contributed by atoms with E-state index in [0.29, 0.717) is 11.3 Å². The first kappa shape index (κ1) is 15.8. The van der Waals surface area contributed by atoms with E-state index in [1.54, 1.807) is 12.1 Å². The van der Waals surface area contributed by atoms with Crippen LogP contribution in [0.25, 0.3) is 0 Å². The highest BCUT2D eigenvalue weighted by atomic mass is 19.4. The van der Waals surface area contributed by atoms with Crippen molar-refractivity contribution in [1.82, 2.24) is 4.90 Å². The van der Waals surface area contributed by atoms with Gasteiger partial charge in [-0.2, -0.15) is 13.2 Å². The van der Waals surface area contributed by atoms with Crippen LogP contribution < -0.4 is 10.5 Å². The minimum Gasteiger partial charge on any atom is -0.496 e. The molecule has 1 atom stereocenters. The van der Waals surface area contributed by atoms with Crippen LogP contribution >= 0.6 is 0 Å². The highest BCUT2D eigenvalue weighted by Gasteiger charge is 2.29. The second-order valence-electron chi connectivity index (χ2n) is 4.65. The molecule has 1 aromatic carbocycles. The Labute approximate surface area is 111 Å². The predicted octanol–water partition coefficient (Wildman–Crippen LogP) is 2.71. The molecule has 0 fully saturated rings. The second kappa shape index (κ2) is 6.25. The largest absolute Gasteiger partial charge is 0.496 e. The summed E-state index contributed by atoms with van der Waals surface area (Å²) in [5.41, 5.74) is 7.34. The Bertz CT molecular complexity index is 419. The maximum absolute atomic E-state index is 12.3. The lowest BCUT2D eigenvalue weighted by molar-refractivity contribution is -0.144. The van der Waals surface area contributed by atoms with Crippen LogP contribution in [0.4, 0.5) is 13.2 Å². The molecule has 0 radical (unpaired) electrons. The lowest BCUT2D eigenvalue weighted by Gasteiger charge is -2.20. The highest BCUT2D eigenvalue weighted by Crippen LogP contribution is 2.25. The third-order valence-electron chi connectivity index (χ3n) is 2.72. The smallest absolute Gasteiger partial charge is 0.401 e. The molecule has 19 heavy (non-hydrogen) atoms. The molecule has 1 unspecified atom stereocenters. The summed E-state index contributed by atoms with van der Waals surface area (Å²) in [7, 11) is 2.92. The number of alkyl halides is 3. The Hall–Kier alpha value is -1.27. The summed E-state index contributed by atoms with van der Waals surface area (Å²) in [6, 6.07) is 5.17. The number of benzene rings is 1.